The zero-order chi connectivity index (χ0) is 14.0. The van der Waals surface area contributed by atoms with Crippen LogP contribution >= 0.6 is 43.2 Å². The van der Waals surface area contributed by atoms with Gasteiger partial charge in [0.2, 0.25) is 0 Å². The molecule has 0 bridgehead atoms. The summed E-state index contributed by atoms with van der Waals surface area (Å²) in [5.41, 5.74) is -0.000815. The first kappa shape index (κ1) is 14.4. The number of hydrogen-bond donors (Lipinski definition) is 1. The van der Waals surface area contributed by atoms with E-state index in [-0.39, 0.29) is 15.8 Å². The summed E-state index contributed by atoms with van der Waals surface area (Å²) < 4.78 is 14.5. The van der Waals surface area contributed by atoms with Gasteiger partial charge in [0, 0.05) is 11.4 Å². The van der Waals surface area contributed by atoms with Gasteiger partial charge in [0.1, 0.15) is 11.5 Å². The van der Waals surface area contributed by atoms with Crippen LogP contribution in [0.3, 0.4) is 0 Å². The molecule has 0 fully saturated rings. The van der Waals surface area contributed by atoms with Crippen LogP contribution in [0.25, 0.3) is 0 Å². The fraction of sp³-hybridized carbons (Fsp3) is 0.0909. The molecule has 8 heteroatoms. The maximum atomic E-state index is 13.3. The number of thiophene rings is 1. The Morgan fingerprint density at radius 1 is 1.37 bits per heavy atom. The van der Waals surface area contributed by atoms with Crippen molar-refractivity contribution in [3.05, 3.63) is 53.3 Å². The van der Waals surface area contributed by atoms with E-state index in [9.17, 15) is 14.5 Å². The Labute approximate surface area is 129 Å². The molecular weight excluding hydrogens is 403 g/mol. The van der Waals surface area contributed by atoms with Gasteiger partial charge in [-0.05, 0) is 50.1 Å². The summed E-state index contributed by atoms with van der Waals surface area (Å²) in [6.45, 7) is 0.440. The average Bonchev–Trinajstić information content (AvgIpc) is 2.76. The van der Waals surface area contributed by atoms with Crippen molar-refractivity contribution >= 4 is 54.6 Å². The van der Waals surface area contributed by atoms with E-state index in [2.05, 4.69) is 37.2 Å². The normalized spacial score (nSPS) is 10.5. The molecular formula is C11H7Br2FN2O2S. The van der Waals surface area contributed by atoms with Gasteiger partial charge in [-0.25, -0.2) is 4.39 Å². The lowest BCUT2D eigenvalue weighted by atomic mass is 10.2. The molecule has 0 saturated carbocycles. The predicted octanol–water partition coefficient (Wildman–Crippen LogP) is 4.93. The van der Waals surface area contributed by atoms with Gasteiger partial charge < -0.3 is 5.32 Å². The lowest BCUT2D eigenvalue weighted by molar-refractivity contribution is -0.384. The highest BCUT2D eigenvalue weighted by Crippen LogP contribution is 2.31. The molecule has 1 aromatic heterocycles. The summed E-state index contributed by atoms with van der Waals surface area (Å²) in [7, 11) is 0. The summed E-state index contributed by atoms with van der Waals surface area (Å²) in [5, 5.41) is 13.8. The van der Waals surface area contributed by atoms with Gasteiger partial charge in [-0.15, -0.1) is 11.3 Å². The SMILES string of the molecule is O=[N+]([O-])c1cc(F)c(Br)cc1NCc1ccc(Br)s1. The lowest BCUT2D eigenvalue weighted by Crippen LogP contribution is -2.02. The second-order valence-electron chi connectivity index (χ2n) is 3.60. The molecule has 0 aliphatic heterocycles. The molecule has 0 aliphatic rings. The highest BCUT2D eigenvalue weighted by molar-refractivity contribution is 9.11. The Kier molecular flexibility index (Phi) is 4.54. The molecule has 0 aliphatic carbocycles. The van der Waals surface area contributed by atoms with Crippen LogP contribution in [0.1, 0.15) is 4.88 Å². The van der Waals surface area contributed by atoms with Crippen LogP contribution < -0.4 is 5.32 Å². The minimum atomic E-state index is -0.656. The van der Waals surface area contributed by atoms with Gasteiger partial charge in [0.15, 0.2) is 0 Å². The number of rotatable bonds is 4. The molecule has 0 amide bonds. The maximum Gasteiger partial charge on any atom is 0.295 e. The molecule has 0 spiro atoms. The summed E-state index contributed by atoms with van der Waals surface area (Å²) in [5.74, 6) is -0.656. The van der Waals surface area contributed by atoms with E-state index < -0.39 is 10.7 Å². The van der Waals surface area contributed by atoms with Crippen molar-refractivity contribution < 1.29 is 9.31 Å². The van der Waals surface area contributed by atoms with E-state index >= 15 is 0 Å². The maximum absolute atomic E-state index is 13.3. The molecule has 1 N–H and O–H groups in total. The predicted molar refractivity (Wildman–Crippen MR) is 80.1 cm³/mol. The third-order valence-electron chi connectivity index (χ3n) is 2.32. The number of nitro groups is 1. The molecule has 0 saturated heterocycles. The van der Waals surface area contributed by atoms with E-state index in [0.717, 1.165) is 14.7 Å². The lowest BCUT2D eigenvalue weighted by Gasteiger charge is -2.07. The van der Waals surface area contributed by atoms with E-state index in [1.165, 1.54) is 17.4 Å². The van der Waals surface area contributed by atoms with Crippen molar-refractivity contribution in [2.75, 3.05) is 5.32 Å². The van der Waals surface area contributed by atoms with Crippen LogP contribution in [-0.2, 0) is 6.54 Å². The van der Waals surface area contributed by atoms with Crippen molar-refractivity contribution in [2.45, 2.75) is 6.54 Å². The molecule has 2 rings (SSSR count). The molecule has 2 aromatic rings. The highest BCUT2D eigenvalue weighted by atomic mass is 79.9. The number of nitrogens with one attached hydrogen (secondary N) is 1. The van der Waals surface area contributed by atoms with Crippen LogP contribution in [0.15, 0.2) is 32.5 Å². The van der Waals surface area contributed by atoms with E-state index in [0.29, 0.717) is 6.54 Å². The number of benzene rings is 1. The largest absolute Gasteiger partial charge is 0.375 e. The average molecular weight is 410 g/mol. The highest BCUT2D eigenvalue weighted by Gasteiger charge is 2.17. The molecule has 0 radical (unpaired) electrons. The number of anilines is 1. The van der Waals surface area contributed by atoms with Crippen molar-refractivity contribution in [2.24, 2.45) is 0 Å². The smallest absolute Gasteiger partial charge is 0.295 e. The summed E-state index contributed by atoms with van der Waals surface area (Å²) in [6, 6.07) is 6.08. The molecule has 0 unspecified atom stereocenters. The third-order valence-corrected chi connectivity index (χ3v) is 4.55. The van der Waals surface area contributed by atoms with Crippen molar-refractivity contribution in [1.29, 1.82) is 0 Å². The molecule has 1 aromatic carbocycles. The van der Waals surface area contributed by atoms with Gasteiger partial charge in [-0.2, -0.15) is 0 Å². The molecule has 4 nitrogen and oxygen atoms in total. The zero-order valence-electron chi connectivity index (χ0n) is 9.32. The van der Waals surface area contributed by atoms with Crippen LogP contribution in [0.4, 0.5) is 15.8 Å². The quantitative estimate of drug-likeness (QED) is 0.575. The van der Waals surface area contributed by atoms with Crippen LogP contribution in [0, 0.1) is 15.9 Å². The fourth-order valence-corrected chi connectivity index (χ4v) is 3.22. The van der Waals surface area contributed by atoms with E-state index in [1.54, 1.807) is 0 Å². The van der Waals surface area contributed by atoms with Crippen LogP contribution in [-0.4, -0.2) is 4.92 Å². The second-order valence-corrected chi connectivity index (χ2v) is 7.00. The first-order chi connectivity index (χ1) is 8.97. The first-order valence-corrected chi connectivity index (χ1v) is 7.49. The standard InChI is InChI=1S/C11H7Br2FN2O2S/c12-7-3-9(10(16(17)18)4-8(7)14)15-5-6-1-2-11(13)19-6/h1-4,15H,5H2. The summed E-state index contributed by atoms with van der Waals surface area (Å²) >= 11 is 7.89. The van der Waals surface area contributed by atoms with E-state index in [4.69, 9.17) is 0 Å². The monoisotopic (exact) mass is 408 g/mol. The number of halogens is 3. The van der Waals surface area contributed by atoms with Crippen molar-refractivity contribution in [1.82, 2.24) is 0 Å². The number of nitrogens with zero attached hydrogens (tertiary/aromatic N) is 1. The summed E-state index contributed by atoms with van der Waals surface area (Å²) in [4.78, 5) is 11.3. The van der Waals surface area contributed by atoms with Gasteiger partial charge >= 0.3 is 0 Å². The topological polar surface area (TPSA) is 55.2 Å². The molecule has 100 valence electrons. The Morgan fingerprint density at radius 2 is 2.11 bits per heavy atom. The number of nitro benzene ring substituents is 1. The van der Waals surface area contributed by atoms with Gasteiger partial charge in [-0.1, -0.05) is 0 Å². The Bertz CT molecular complexity index is 633. The minimum absolute atomic E-state index is 0.188. The van der Waals surface area contributed by atoms with Crippen molar-refractivity contribution in [3.63, 3.8) is 0 Å². The Balaban J connectivity index is 2.23. The van der Waals surface area contributed by atoms with Gasteiger partial charge in [0.05, 0.1) is 19.2 Å². The minimum Gasteiger partial charge on any atom is -0.375 e. The Hall–Kier alpha value is -0.990. The third kappa shape index (κ3) is 3.52. The van der Waals surface area contributed by atoms with Gasteiger partial charge in [-0.3, -0.25) is 10.1 Å². The molecule has 19 heavy (non-hydrogen) atoms. The van der Waals surface area contributed by atoms with E-state index in [1.807, 2.05) is 12.1 Å². The van der Waals surface area contributed by atoms with Crippen molar-refractivity contribution in [3.8, 4) is 0 Å². The number of hydrogen-bond acceptors (Lipinski definition) is 4. The zero-order valence-corrected chi connectivity index (χ0v) is 13.3. The fourth-order valence-electron chi connectivity index (χ4n) is 1.46. The molecule has 1 heterocycles. The van der Waals surface area contributed by atoms with Crippen LogP contribution in [0.5, 0.6) is 0 Å². The van der Waals surface area contributed by atoms with Crippen LogP contribution in [0.2, 0.25) is 0 Å². The second kappa shape index (κ2) is 5.98. The first-order valence-electron chi connectivity index (χ1n) is 5.09. The van der Waals surface area contributed by atoms with Gasteiger partial charge in [0.25, 0.3) is 5.69 Å². The molecule has 0 atom stereocenters. The summed E-state index contributed by atoms with van der Waals surface area (Å²) in [6.07, 6.45) is 0. The Morgan fingerprint density at radius 3 is 2.68 bits per heavy atom.